The van der Waals surface area contributed by atoms with Crippen LogP contribution in [-0.2, 0) is 6.42 Å². The molecule has 0 heterocycles. The highest BCUT2D eigenvalue weighted by atomic mass is 16.3. The van der Waals surface area contributed by atoms with E-state index in [1.54, 1.807) is 0 Å². The first-order valence-electron chi connectivity index (χ1n) is 7.26. The first kappa shape index (κ1) is 14.8. The minimum atomic E-state index is -0.321. The van der Waals surface area contributed by atoms with E-state index in [4.69, 9.17) is 0 Å². The maximum Gasteiger partial charge on any atom is 0.0636 e. The zero-order valence-electron chi connectivity index (χ0n) is 12.0. The number of aliphatic hydroxyl groups excluding tert-OH is 1. The van der Waals surface area contributed by atoms with Gasteiger partial charge in [-0.2, -0.15) is 0 Å². The van der Waals surface area contributed by atoms with Gasteiger partial charge in [-0.15, -0.1) is 0 Å². The quantitative estimate of drug-likeness (QED) is 0.808. The lowest BCUT2D eigenvalue weighted by atomic mass is 9.99. The van der Waals surface area contributed by atoms with E-state index in [0.29, 0.717) is 6.54 Å². The van der Waals surface area contributed by atoms with Crippen molar-refractivity contribution >= 4 is 0 Å². The molecule has 2 aromatic rings. The molecule has 106 valence electrons. The van der Waals surface area contributed by atoms with Gasteiger partial charge in [-0.05, 0) is 30.9 Å². The molecule has 0 fully saturated rings. The third kappa shape index (κ3) is 4.80. The van der Waals surface area contributed by atoms with E-state index in [9.17, 15) is 5.11 Å². The molecule has 0 aliphatic heterocycles. The molecule has 0 bridgehead atoms. The fourth-order valence-corrected chi connectivity index (χ4v) is 2.34. The molecule has 0 saturated carbocycles. The third-order valence-electron chi connectivity index (χ3n) is 3.43. The highest BCUT2D eigenvalue weighted by Crippen LogP contribution is 2.19. The Hall–Kier alpha value is -1.64. The van der Waals surface area contributed by atoms with Crippen LogP contribution in [0.1, 0.15) is 30.5 Å². The lowest BCUT2D eigenvalue weighted by molar-refractivity contribution is 0.185. The summed E-state index contributed by atoms with van der Waals surface area (Å²) in [7, 11) is 0. The number of rotatable bonds is 7. The summed E-state index contributed by atoms with van der Waals surface area (Å²) < 4.78 is 0. The lowest BCUT2D eigenvalue weighted by Gasteiger charge is -2.20. The monoisotopic (exact) mass is 269 g/mol. The van der Waals surface area contributed by atoms with E-state index in [0.717, 1.165) is 12.8 Å². The van der Waals surface area contributed by atoms with Crippen LogP contribution in [0.15, 0.2) is 60.7 Å². The molecule has 0 aromatic heterocycles. The Balaban J connectivity index is 1.99. The Kier molecular flexibility index (Phi) is 5.78. The maximum atomic E-state index is 9.47. The van der Waals surface area contributed by atoms with Gasteiger partial charge in [0.25, 0.3) is 0 Å². The van der Waals surface area contributed by atoms with Crippen LogP contribution < -0.4 is 5.32 Å². The second-order valence-corrected chi connectivity index (χ2v) is 5.24. The number of hydrogen-bond acceptors (Lipinski definition) is 2. The Morgan fingerprint density at radius 3 is 2.15 bits per heavy atom. The Morgan fingerprint density at radius 2 is 1.55 bits per heavy atom. The van der Waals surface area contributed by atoms with Gasteiger partial charge < -0.3 is 10.4 Å². The topological polar surface area (TPSA) is 32.3 Å². The molecule has 0 aliphatic rings. The second kappa shape index (κ2) is 7.83. The van der Waals surface area contributed by atoms with Gasteiger partial charge in [-0.1, -0.05) is 60.7 Å². The number of benzene rings is 2. The summed E-state index contributed by atoms with van der Waals surface area (Å²) in [6.45, 7) is 2.43. The largest absolute Gasteiger partial charge is 0.392 e. The number of aliphatic hydroxyl groups is 1. The first-order chi connectivity index (χ1) is 9.75. The van der Waals surface area contributed by atoms with Crippen LogP contribution in [0, 0.1) is 0 Å². The summed E-state index contributed by atoms with van der Waals surface area (Å²) in [5.74, 6) is 0. The van der Waals surface area contributed by atoms with Gasteiger partial charge in [-0.3, -0.25) is 0 Å². The predicted molar refractivity (Wildman–Crippen MR) is 83.6 cm³/mol. The van der Waals surface area contributed by atoms with Gasteiger partial charge in [-0.25, -0.2) is 0 Å². The average Bonchev–Trinajstić information content (AvgIpc) is 2.49. The van der Waals surface area contributed by atoms with Crippen molar-refractivity contribution < 1.29 is 5.11 Å². The van der Waals surface area contributed by atoms with Gasteiger partial charge in [0.2, 0.25) is 0 Å². The molecule has 0 spiro atoms. The average molecular weight is 269 g/mol. The van der Waals surface area contributed by atoms with Crippen LogP contribution in [0.3, 0.4) is 0 Å². The third-order valence-corrected chi connectivity index (χ3v) is 3.43. The summed E-state index contributed by atoms with van der Waals surface area (Å²) in [6.07, 6.45) is 1.74. The van der Waals surface area contributed by atoms with E-state index in [1.165, 1.54) is 11.1 Å². The van der Waals surface area contributed by atoms with Gasteiger partial charge in [0.1, 0.15) is 0 Å². The number of nitrogens with one attached hydrogen (secondary N) is 1. The van der Waals surface area contributed by atoms with Crippen LogP contribution in [-0.4, -0.2) is 17.8 Å². The molecule has 0 saturated heterocycles. The van der Waals surface area contributed by atoms with E-state index in [1.807, 2.05) is 19.1 Å². The van der Waals surface area contributed by atoms with Crippen LogP contribution >= 0.6 is 0 Å². The maximum absolute atomic E-state index is 9.47. The van der Waals surface area contributed by atoms with Crippen LogP contribution in [0.2, 0.25) is 0 Å². The molecule has 2 nitrogen and oxygen atoms in total. The highest BCUT2D eigenvalue weighted by Gasteiger charge is 2.11. The molecule has 0 aliphatic carbocycles. The smallest absolute Gasteiger partial charge is 0.0636 e. The molecule has 0 radical (unpaired) electrons. The van der Waals surface area contributed by atoms with Gasteiger partial charge in [0.05, 0.1) is 6.10 Å². The first-order valence-corrected chi connectivity index (χ1v) is 7.26. The van der Waals surface area contributed by atoms with Crippen molar-refractivity contribution in [1.29, 1.82) is 0 Å². The van der Waals surface area contributed by atoms with Crippen molar-refractivity contribution in [3.8, 4) is 0 Å². The van der Waals surface area contributed by atoms with Crippen molar-refractivity contribution in [3.05, 3.63) is 71.8 Å². The Labute approximate surface area is 121 Å². The van der Waals surface area contributed by atoms with Gasteiger partial charge in [0.15, 0.2) is 0 Å². The molecule has 20 heavy (non-hydrogen) atoms. The van der Waals surface area contributed by atoms with Crippen molar-refractivity contribution in [2.75, 3.05) is 6.54 Å². The molecule has 2 aromatic carbocycles. The molecular weight excluding hydrogens is 246 g/mol. The summed E-state index contributed by atoms with van der Waals surface area (Å²) in [5.41, 5.74) is 2.64. The number of hydrogen-bond donors (Lipinski definition) is 2. The van der Waals surface area contributed by atoms with Crippen molar-refractivity contribution in [2.45, 2.75) is 31.9 Å². The molecule has 2 unspecified atom stereocenters. The molecular formula is C18H23NO. The predicted octanol–water partition coefficient (Wildman–Crippen LogP) is 3.33. The van der Waals surface area contributed by atoms with E-state index in [2.05, 4.69) is 53.8 Å². The standard InChI is InChI=1S/C18H23NO/c1-15(20)14-19-18(17-10-6-3-7-11-17)13-12-16-8-4-2-5-9-16/h2-11,15,18-20H,12-14H2,1H3. The summed E-state index contributed by atoms with van der Waals surface area (Å²) >= 11 is 0. The van der Waals surface area contributed by atoms with Crippen LogP contribution in [0.4, 0.5) is 0 Å². The van der Waals surface area contributed by atoms with Gasteiger partial charge in [0, 0.05) is 12.6 Å². The highest BCUT2D eigenvalue weighted by molar-refractivity contribution is 5.20. The van der Waals surface area contributed by atoms with E-state index in [-0.39, 0.29) is 12.1 Å². The SMILES string of the molecule is CC(O)CNC(CCc1ccccc1)c1ccccc1. The summed E-state index contributed by atoms with van der Waals surface area (Å²) in [5, 5.41) is 12.9. The molecule has 2 N–H and O–H groups in total. The zero-order valence-corrected chi connectivity index (χ0v) is 12.0. The van der Waals surface area contributed by atoms with Crippen LogP contribution in [0.5, 0.6) is 0 Å². The second-order valence-electron chi connectivity index (χ2n) is 5.24. The lowest BCUT2D eigenvalue weighted by Crippen LogP contribution is -2.29. The fourth-order valence-electron chi connectivity index (χ4n) is 2.34. The molecule has 2 atom stereocenters. The van der Waals surface area contributed by atoms with Crippen LogP contribution in [0.25, 0.3) is 0 Å². The van der Waals surface area contributed by atoms with Crippen molar-refractivity contribution in [3.63, 3.8) is 0 Å². The Bertz CT molecular complexity index is 481. The minimum absolute atomic E-state index is 0.283. The summed E-state index contributed by atoms with van der Waals surface area (Å²) in [4.78, 5) is 0. The Morgan fingerprint density at radius 1 is 0.950 bits per heavy atom. The van der Waals surface area contributed by atoms with E-state index >= 15 is 0 Å². The molecule has 2 heteroatoms. The fraction of sp³-hybridized carbons (Fsp3) is 0.333. The zero-order chi connectivity index (χ0) is 14.2. The van der Waals surface area contributed by atoms with Gasteiger partial charge >= 0.3 is 0 Å². The van der Waals surface area contributed by atoms with Crippen molar-refractivity contribution in [1.82, 2.24) is 5.32 Å². The minimum Gasteiger partial charge on any atom is -0.392 e. The molecule has 0 amide bonds. The number of aryl methyl sites for hydroxylation is 1. The molecule has 2 rings (SSSR count). The summed E-state index contributed by atoms with van der Waals surface area (Å²) in [6, 6.07) is 21.3. The van der Waals surface area contributed by atoms with E-state index < -0.39 is 0 Å². The normalized spacial score (nSPS) is 13.9. The van der Waals surface area contributed by atoms with Crippen molar-refractivity contribution in [2.24, 2.45) is 0 Å².